The molecule has 1 aliphatic carbocycles. The number of hydrogen-bond acceptors (Lipinski definition) is 5. The summed E-state index contributed by atoms with van der Waals surface area (Å²) in [5.74, 6) is 2.23. The van der Waals surface area contributed by atoms with Crippen LogP contribution in [0.4, 0.5) is 0 Å². The van der Waals surface area contributed by atoms with Gasteiger partial charge in [0.25, 0.3) is 0 Å². The Hall–Kier alpha value is -0.900. The van der Waals surface area contributed by atoms with Crippen LogP contribution in [0.1, 0.15) is 58.2 Å². The van der Waals surface area contributed by atoms with Gasteiger partial charge < -0.3 is 19.9 Å². The molecule has 0 radical (unpaired) electrons. The first-order valence-corrected chi connectivity index (χ1v) is 9.47. The fourth-order valence-electron chi connectivity index (χ4n) is 3.83. The third-order valence-corrected chi connectivity index (χ3v) is 5.43. The standard InChI is InChI=1S/C18H33N5O2.HI/c1-6-18(7-2)14(12-15(18)24-8-3)22-17(19-5)20-11-9-10-16-21-13(4)23-25-16;/h14-15H,6-12H2,1-5H3,(H2,19,20,22);1H. The van der Waals surface area contributed by atoms with Crippen LogP contribution in [0.15, 0.2) is 9.52 Å². The molecular formula is C18H34IN5O2. The monoisotopic (exact) mass is 479 g/mol. The van der Waals surface area contributed by atoms with Crippen LogP contribution in [-0.4, -0.2) is 48.4 Å². The van der Waals surface area contributed by atoms with Gasteiger partial charge in [-0.15, -0.1) is 24.0 Å². The summed E-state index contributed by atoms with van der Waals surface area (Å²) in [6, 6.07) is 0.406. The quantitative estimate of drug-likeness (QED) is 0.245. The lowest BCUT2D eigenvalue weighted by Gasteiger charge is -2.55. The lowest BCUT2D eigenvalue weighted by atomic mass is 9.58. The molecule has 2 N–H and O–H groups in total. The Balaban J connectivity index is 0.00000338. The van der Waals surface area contributed by atoms with Crippen LogP contribution in [0.2, 0.25) is 0 Å². The second kappa shape index (κ2) is 11.1. The minimum atomic E-state index is 0. The third kappa shape index (κ3) is 5.31. The molecule has 0 spiro atoms. The van der Waals surface area contributed by atoms with Gasteiger partial charge in [0.2, 0.25) is 5.89 Å². The second-order valence-electron chi connectivity index (χ2n) is 6.65. The Morgan fingerprint density at radius 2 is 2.08 bits per heavy atom. The zero-order valence-electron chi connectivity index (χ0n) is 16.7. The summed E-state index contributed by atoms with van der Waals surface area (Å²) >= 11 is 0. The summed E-state index contributed by atoms with van der Waals surface area (Å²) in [6.45, 7) is 10.0. The first kappa shape index (κ1) is 23.1. The lowest BCUT2D eigenvalue weighted by molar-refractivity contribution is -0.133. The van der Waals surface area contributed by atoms with Crippen LogP contribution in [0.3, 0.4) is 0 Å². The van der Waals surface area contributed by atoms with Crippen molar-refractivity contribution in [3.8, 4) is 0 Å². The van der Waals surface area contributed by atoms with E-state index in [4.69, 9.17) is 9.26 Å². The normalized spacial score (nSPS) is 21.7. The molecular weight excluding hydrogens is 445 g/mol. The van der Waals surface area contributed by atoms with Crippen LogP contribution >= 0.6 is 24.0 Å². The van der Waals surface area contributed by atoms with E-state index in [0.29, 0.717) is 23.9 Å². The average Bonchev–Trinajstić information content (AvgIpc) is 3.02. The van der Waals surface area contributed by atoms with E-state index in [-0.39, 0.29) is 29.4 Å². The molecule has 2 atom stereocenters. The van der Waals surface area contributed by atoms with Gasteiger partial charge in [0.05, 0.1) is 6.10 Å². The molecule has 2 unspecified atom stereocenters. The van der Waals surface area contributed by atoms with E-state index < -0.39 is 0 Å². The molecule has 1 saturated carbocycles. The van der Waals surface area contributed by atoms with Crippen molar-refractivity contribution in [2.24, 2.45) is 10.4 Å². The number of aliphatic imine (C=N–C) groups is 1. The smallest absolute Gasteiger partial charge is 0.226 e. The van der Waals surface area contributed by atoms with Crippen LogP contribution in [0.25, 0.3) is 0 Å². The summed E-state index contributed by atoms with van der Waals surface area (Å²) < 4.78 is 11.1. The number of ether oxygens (including phenoxy) is 1. The first-order valence-electron chi connectivity index (χ1n) is 9.47. The van der Waals surface area contributed by atoms with Crippen molar-refractivity contribution in [2.75, 3.05) is 20.2 Å². The molecule has 7 nitrogen and oxygen atoms in total. The van der Waals surface area contributed by atoms with E-state index in [1.165, 1.54) is 0 Å². The minimum absolute atomic E-state index is 0. The van der Waals surface area contributed by atoms with Gasteiger partial charge in [-0.25, -0.2) is 0 Å². The fourth-order valence-corrected chi connectivity index (χ4v) is 3.83. The molecule has 1 heterocycles. The summed E-state index contributed by atoms with van der Waals surface area (Å²) in [7, 11) is 1.81. The highest BCUT2D eigenvalue weighted by atomic mass is 127. The Bertz CT molecular complexity index is 560. The van der Waals surface area contributed by atoms with Crippen molar-refractivity contribution in [3.05, 3.63) is 11.7 Å². The third-order valence-electron chi connectivity index (χ3n) is 5.43. The van der Waals surface area contributed by atoms with Crippen molar-refractivity contribution >= 4 is 29.9 Å². The predicted octanol–water partition coefficient (Wildman–Crippen LogP) is 3.08. The lowest BCUT2D eigenvalue weighted by Crippen LogP contribution is -2.65. The van der Waals surface area contributed by atoms with Gasteiger partial charge in [-0.05, 0) is 39.5 Å². The number of rotatable bonds is 9. The summed E-state index contributed by atoms with van der Waals surface area (Å²) in [4.78, 5) is 8.59. The molecule has 8 heteroatoms. The number of halogens is 1. The molecule has 0 aromatic carbocycles. The van der Waals surface area contributed by atoms with E-state index in [1.54, 1.807) is 0 Å². The number of nitrogens with zero attached hydrogens (tertiary/aromatic N) is 3. The Morgan fingerprint density at radius 3 is 2.62 bits per heavy atom. The molecule has 0 aliphatic heterocycles. The van der Waals surface area contributed by atoms with E-state index >= 15 is 0 Å². The molecule has 26 heavy (non-hydrogen) atoms. The highest BCUT2D eigenvalue weighted by Crippen LogP contribution is 2.48. The van der Waals surface area contributed by atoms with Gasteiger partial charge in [0, 0.05) is 38.1 Å². The van der Waals surface area contributed by atoms with Crippen molar-refractivity contribution in [1.82, 2.24) is 20.8 Å². The molecule has 0 bridgehead atoms. The summed E-state index contributed by atoms with van der Waals surface area (Å²) in [5, 5.41) is 10.8. The van der Waals surface area contributed by atoms with Gasteiger partial charge in [-0.1, -0.05) is 19.0 Å². The highest BCUT2D eigenvalue weighted by Gasteiger charge is 2.53. The maximum Gasteiger partial charge on any atom is 0.226 e. The maximum absolute atomic E-state index is 5.95. The van der Waals surface area contributed by atoms with Crippen molar-refractivity contribution in [3.63, 3.8) is 0 Å². The van der Waals surface area contributed by atoms with Crippen LogP contribution < -0.4 is 10.6 Å². The number of guanidine groups is 1. The number of nitrogens with one attached hydrogen (secondary N) is 2. The number of hydrogen-bond donors (Lipinski definition) is 2. The first-order chi connectivity index (χ1) is 12.1. The molecule has 0 amide bonds. The van der Waals surface area contributed by atoms with E-state index in [9.17, 15) is 0 Å². The van der Waals surface area contributed by atoms with Crippen LogP contribution in [0.5, 0.6) is 0 Å². The molecule has 1 aliphatic rings. The molecule has 1 aromatic rings. The Labute approximate surface area is 174 Å². The average molecular weight is 479 g/mol. The largest absolute Gasteiger partial charge is 0.378 e. The second-order valence-corrected chi connectivity index (χ2v) is 6.65. The molecule has 2 rings (SSSR count). The molecule has 0 saturated heterocycles. The van der Waals surface area contributed by atoms with Gasteiger partial charge >= 0.3 is 0 Å². The van der Waals surface area contributed by atoms with E-state index in [0.717, 1.165) is 51.2 Å². The van der Waals surface area contributed by atoms with E-state index in [2.05, 4.69) is 46.5 Å². The van der Waals surface area contributed by atoms with Crippen LogP contribution in [-0.2, 0) is 11.2 Å². The Kier molecular flexibility index (Phi) is 9.84. The molecule has 150 valence electrons. The SMILES string of the molecule is CCOC1CC(NC(=NC)NCCCc2nc(C)no2)C1(CC)CC.I. The number of aromatic nitrogens is 2. The van der Waals surface area contributed by atoms with Crippen molar-refractivity contribution < 1.29 is 9.26 Å². The minimum Gasteiger partial charge on any atom is -0.378 e. The molecule has 1 aromatic heterocycles. The highest BCUT2D eigenvalue weighted by molar-refractivity contribution is 14.0. The van der Waals surface area contributed by atoms with Crippen molar-refractivity contribution in [2.45, 2.75) is 71.9 Å². The van der Waals surface area contributed by atoms with E-state index in [1.807, 2.05) is 14.0 Å². The maximum atomic E-state index is 5.95. The fraction of sp³-hybridized carbons (Fsp3) is 0.833. The predicted molar refractivity (Wildman–Crippen MR) is 114 cm³/mol. The van der Waals surface area contributed by atoms with Crippen LogP contribution in [0, 0.1) is 12.3 Å². The zero-order chi connectivity index (χ0) is 18.3. The van der Waals surface area contributed by atoms with Crippen molar-refractivity contribution in [1.29, 1.82) is 0 Å². The summed E-state index contributed by atoms with van der Waals surface area (Å²) in [6.07, 6.45) is 5.30. The summed E-state index contributed by atoms with van der Waals surface area (Å²) in [5.41, 5.74) is 0.203. The molecule has 1 fully saturated rings. The van der Waals surface area contributed by atoms with Gasteiger partial charge in [-0.3, -0.25) is 4.99 Å². The van der Waals surface area contributed by atoms with Gasteiger partial charge in [0.15, 0.2) is 11.8 Å². The van der Waals surface area contributed by atoms with Gasteiger partial charge in [-0.2, -0.15) is 4.98 Å². The zero-order valence-corrected chi connectivity index (χ0v) is 19.0. The van der Waals surface area contributed by atoms with Gasteiger partial charge in [0.1, 0.15) is 0 Å². The topological polar surface area (TPSA) is 84.6 Å². The Morgan fingerprint density at radius 1 is 1.35 bits per heavy atom. The number of aryl methyl sites for hydroxylation is 2.